The Morgan fingerprint density at radius 2 is 2.11 bits per heavy atom. The largest absolute Gasteiger partial charge is 0.469 e. The van der Waals surface area contributed by atoms with Crippen LogP contribution in [0.2, 0.25) is 0 Å². The molecular weight excluding hydrogens is 240 g/mol. The smallest absolute Gasteiger partial charge is 0.313 e. The third kappa shape index (κ3) is 4.16. The third-order valence-electron chi connectivity index (χ3n) is 3.05. The maximum absolute atomic E-state index is 11.8. The molecule has 0 radical (unpaired) electrons. The average molecular weight is 264 g/mol. The number of nitrogens with zero attached hydrogens (tertiary/aromatic N) is 1. The Bertz CT molecular complexity index is 430. The Kier molecular flexibility index (Phi) is 5.21. The quantitative estimate of drug-likeness (QED) is 0.634. The highest BCUT2D eigenvalue weighted by atomic mass is 16.5. The lowest BCUT2D eigenvalue weighted by atomic mass is 9.92. The fraction of sp³-hybridized carbons (Fsp3) is 0.533. The van der Waals surface area contributed by atoms with Crippen molar-refractivity contribution in [1.29, 1.82) is 0 Å². The number of ether oxygens (including phenoxy) is 1. The lowest BCUT2D eigenvalue weighted by Crippen LogP contribution is -2.40. The van der Waals surface area contributed by atoms with Gasteiger partial charge in [0.15, 0.2) is 0 Å². The molecule has 0 atom stereocenters. The Morgan fingerprint density at radius 3 is 2.63 bits per heavy atom. The molecule has 1 aromatic carbocycles. The van der Waals surface area contributed by atoms with Crippen molar-refractivity contribution in [3.8, 4) is 0 Å². The zero-order valence-corrected chi connectivity index (χ0v) is 12.3. The second-order valence-electron chi connectivity index (χ2n) is 5.39. The monoisotopic (exact) mass is 264 g/mol. The van der Waals surface area contributed by atoms with Crippen LogP contribution in [0.4, 0.5) is 11.4 Å². The van der Waals surface area contributed by atoms with Crippen LogP contribution < -0.4 is 10.6 Å². The highest BCUT2D eigenvalue weighted by Gasteiger charge is 2.31. The maximum Gasteiger partial charge on any atom is 0.313 e. The van der Waals surface area contributed by atoms with Crippen molar-refractivity contribution in [2.45, 2.75) is 27.2 Å². The summed E-state index contributed by atoms with van der Waals surface area (Å²) in [6, 6.07) is 7.74. The summed E-state index contributed by atoms with van der Waals surface area (Å²) < 4.78 is 4.86. The van der Waals surface area contributed by atoms with E-state index < -0.39 is 5.41 Å². The van der Waals surface area contributed by atoms with Crippen molar-refractivity contribution in [1.82, 2.24) is 0 Å². The molecule has 4 heteroatoms. The van der Waals surface area contributed by atoms with Crippen LogP contribution in [0, 0.1) is 5.41 Å². The van der Waals surface area contributed by atoms with Crippen LogP contribution in [-0.4, -0.2) is 26.2 Å². The first-order valence-corrected chi connectivity index (χ1v) is 6.59. The summed E-state index contributed by atoms with van der Waals surface area (Å²) in [5.41, 5.74) is 7.05. The Balaban J connectivity index is 2.92. The van der Waals surface area contributed by atoms with Crippen LogP contribution >= 0.6 is 0 Å². The number of hydrogen-bond donors (Lipinski definition) is 1. The predicted molar refractivity (Wildman–Crippen MR) is 79.2 cm³/mol. The molecular formula is C15H24N2O2. The number of rotatable bonds is 6. The van der Waals surface area contributed by atoms with E-state index in [-0.39, 0.29) is 5.97 Å². The molecule has 106 valence electrons. The van der Waals surface area contributed by atoms with Crippen LogP contribution in [0.5, 0.6) is 0 Å². The number of hydrogen-bond acceptors (Lipinski definition) is 4. The summed E-state index contributed by atoms with van der Waals surface area (Å²) in [5, 5.41) is 0. The standard InChI is InChI=1S/C15H24N2O2/c1-5-9-17(11-15(2,3)14(18)19-4)13-8-6-7-12(16)10-13/h6-8,10H,5,9,11,16H2,1-4H3. The first-order valence-electron chi connectivity index (χ1n) is 6.59. The summed E-state index contributed by atoms with van der Waals surface area (Å²) in [4.78, 5) is 14.0. The van der Waals surface area contributed by atoms with Crippen LogP contribution in [0.1, 0.15) is 27.2 Å². The minimum Gasteiger partial charge on any atom is -0.469 e. The number of carbonyl (C=O) groups is 1. The maximum atomic E-state index is 11.8. The molecule has 0 aliphatic rings. The fourth-order valence-corrected chi connectivity index (χ4v) is 2.11. The number of anilines is 2. The molecule has 4 nitrogen and oxygen atoms in total. The van der Waals surface area contributed by atoms with E-state index in [9.17, 15) is 4.79 Å². The van der Waals surface area contributed by atoms with Gasteiger partial charge in [0.1, 0.15) is 0 Å². The van der Waals surface area contributed by atoms with Gasteiger partial charge in [-0.05, 0) is 38.5 Å². The van der Waals surface area contributed by atoms with Gasteiger partial charge in [-0.1, -0.05) is 13.0 Å². The number of nitrogen functional groups attached to an aromatic ring is 1. The molecule has 0 unspecified atom stereocenters. The zero-order valence-electron chi connectivity index (χ0n) is 12.3. The van der Waals surface area contributed by atoms with E-state index in [2.05, 4.69) is 11.8 Å². The number of carbonyl (C=O) groups excluding carboxylic acids is 1. The molecule has 0 aliphatic carbocycles. The van der Waals surface area contributed by atoms with Gasteiger partial charge >= 0.3 is 5.97 Å². The lowest BCUT2D eigenvalue weighted by molar-refractivity contribution is -0.150. The number of nitrogens with two attached hydrogens (primary N) is 1. The topological polar surface area (TPSA) is 55.6 Å². The molecule has 0 bridgehead atoms. The summed E-state index contributed by atoms with van der Waals surface area (Å²) in [6.07, 6.45) is 1.01. The SMILES string of the molecule is CCCN(CC(C)(C)C(=O)OC)c1cccc(N)c1. The van der Waals surface area contributed by atoms with Gasteiger partial charge in [0.05, 0.1) is 12.5 Å². The Hall–Kier alpha value is -1.71. The van der Waals surface area contributed by atoms with E-state index >= 15 is 0 Å². The number of esters is 1. The molecule has 0 aromatic heterocycles. The molecule has 0 fully saturated rings. The fourth-order valence-electron chi connectivity index (χ4n) is 2.11. The first kappa shape index (κ1) is 15.3. The van der Waals surface area contributed by atoms with E-state index in [1.165, 1.54) is 7.11 Å². The summed E-state index contributed by atoms with van der Waals surface area (Å²) in [7, 11) is 1.43. The molecule has 0 amide bonds. The first-order chi connectivity index (χ1) is 8.90. The molecule has 0 aliphatic heterocycles. The van der Waals surface area contributed by atoms with Crippen molar-refractivity contribution in [3.63, 3.8) is 0 Å². The van der Waals surface area contributed by atoms with E-state index in [1.54, 1.807) is 0 Å². The van der Waals surface area contributed by atoms with Gasteiger partial charge < -0.3 is 15.4 Å². The minimum absolute atomic E-state index is 0.197. The minimum atomic E-state index is -0.547. The van der Waals surface area contributed by atoms with Crippen LogP contribution in [0.15, 0.2) is 24.3 Å². The molecule has 1 rings (SSSR count). The molecule has 1 aromatic rings. The van der Waals surface area contributed by atoms with Crippen molar-refractivity contribution in [2.75, 3.05) is 30.8 Å². The van der Waals surface area contributed by atoms with E-state index in [1.807, 2.05) is 38.1 Å². The van der Waals surface area contributed by atoms with Gasteiger partial charge in [0.25, 0.3) is 0 Å². The van der Waals surface area contributed by atoms with Crippen molar-refractivity contribution in [2.24, 2.45) is 5.41 Å². The summed E-state index contributed by atoms with van der Waals surface area (Å²) in [5.74, 6) is -0.197. The summed E-state index contributed by atoms with van der Waals surface area (Å²) >= 11 is 0. The third-order valence-corrected chi connectivity index (χ3v) is 3.05. The average Bonchev–Trinajstić information content (AvgIpc) is 2.37. The van der Waals surface area contributed by atoms with Crippen LogP contribution in [0.3, 0.4) is 0 Å². The second kappa shape index (κ2) is 6.45. The van der Waals surface area contributed by atoms with Gasteiger partial charge in [-0.25, -0.2) is 0 Å². The Labute approximate surface area is 115 Å². The van der Waals surface area contributed by atoms with Gasteiger partial charge in [-0.3, -0.25) is 4.79 Å². The molecule has 2 N–H and O–H groups in total. The van der Waals surface area contributed by atoms with Gasteiger partial charge in [-0.15, -0.1) is 0 Å². The van der Waals surface area contributed by atoms with E-state index in [0.717, 1.165) is 24.3 Å². The van der Waals surface area contributed by atoms with Gasteiger partial charge in [-0.2, -0.15) is 0 Å². The van der Waals surface area contributed by atoms with Crippen molar-refractivity contribution in [3.05, 3.63) is 24.3 Å². The Morgan fingerprint density at radius 1 is 1.42 bits per heavy atom. The normalized spacial score (nSPS) is 11.2. The zero-order chi connectivity index (χ0) is 14.5. The second-order valence-corrected chi connectivity index (χ2v) is 5.39. The van der Waals surface area contributed by atoms with Crippen LogP contribution in [-0.2, 0) is 9.53 Å². The highest BCUT2D eigenvalue weighted by molar-refractivity contribution is 5.76. The van der Waals surface area contributed by atoms with Gasteiger partial charge in [0, 0.05) is 24.5 Å². The molecule has 0 heterocycles. The molecule has 0 spiro atoms. The van der Waals surface area contributed by atoms with E-state index in [0.29, 0.717) is 6.54 Å². The van der Waals surface area contributed by atoms with Crippen molar-refractivity contribution < 1.29 is 9.53 Å². The van der Waals surface area contributed by atoms with E-state index in [4.69, 9.17) is 10.5 Å². The lowest BCUT2D eigenvalue weighted by Gasteiger charge is -2.32. The molecule has 19 heavy (non-hydrogen) atoms. The molecule has 0 saturated heterocycles. The number of benzene rings is 1. The predicted octanol–water partition coefficient (Wildman–Crippen LogP) is 2.68. The highest BCUT2D eigenvalue weighted by Crippen LogP contribution is 2.25. The van der Waals surface area contributed by atoms with Gasteiger partial charge in [0.2, 0.25) is 0 Å². The summed E-state index contributed by atoms with van der Waals surface area (Å²) in [6.45, 7) is 7.40. The number of methoxy groups -OCH3 is 1. The van der Waals surface area contributed by atoms with Crippen molar-refractivity contribution >= 4 is 17.3 Å². The van der Waals surface area contributed by atoms with Crippen LogP contribution in [0.25, 0.3) is 0 Å². The molecule has 0 saturated carbocycles.